The Morgan fingerprint density at radius 2 is 1.93 bits per heavy atom. The van der Waals surface area contributed by atoms with E-state index < -0.39 is 23.4 Å². The van der Waals surface area contributed by atoms with Gasteiger partial charge in [0.25, 0.3) is 0 Å². The topological polar surface area (TPSA) is 105 Å². The summed E-state index contributed by atoms with van der Waals surface area (Å²) in [5.41, 5.74) is 1.94. The van der Waals surface area contributed by atoms with Gasteiger partial charge in [-0.2, -0.15) is 12.6 Å². The van der Waals surface area contributed by atoms with Crippen LogP contribution >= 0.6 is 12.6 Å². The number of aliphatic hydroxyl groups excluding tert-OH is 1. The maximum Gasteiger partial charge on any atom is 0.310 e. The second-order valence-electron chi connectivity index (χ2n) is 6.73. The minimum atomic E-state index is -1.37. The predicted octanol–water partition coefficient (Wildman–Crippen LogP) is 1.37. The SMILES string of the molecule is CCCC=C=CCC(=O)OCC(C)(C)[C@H](O)C(=O)NCCC(=O)NCCS. The zero-order chi connectivity index (χ0) is 20.7. The molecule has 27 heavy (non-hydrogen) atoms. The number of carbonyl (C=O) groups excluding carboxylic acids is 3. The van der Waals surface area contributed by atoms with Crippen molar-refractivity contribution < 1.29 is 24.2 Å². The molecule has 0 aliphatic heterocycles. The number of unbranched alkanes of at least 4 members (excludes halogenated alkanes) is 1. The molecule has 0 aromatic rings. The maximum absolute atomic E-state index is 12.0. The number of hydrogen-bond acceptors (Lipinski definition) is 6. The van der Waals surface area contributed by atoms with E-state index in [9.17, 15) is 19.5 Å². The molecule has 0 spiro atoms. The summed E-state index contributed by atoms with van der Waals surface area (Å²) in [6.07, 6.45) is 4.18. The van der Waals surface area contributed by atoms with E-state index >= 15 is 0 Å². The molecule has 0 saturated carbocycles. The van der Waals surface area contributed by atoms with Crippen molar-refractivity contribution >= 4 is 30.4 Å². The molecule has 0 fully saturated rings. The van der Waals surface area contributed by atoms with Gasteiger partial charge in [0.05, 0.1) is 13.0 Å². The Labute approximate surface area is 167 Å². The number of carbonyl (C=O) groups is 3. The lowest BCUT2D eigenvalue weighted by atomic mass is 9.87. The molecule has 0 heterocycles. The van der Waals surface area contributed by atoms with Gasteiger partial charge in [0.1, 0.15) is 6.10 Å². The zero-order valence-corrected chi connectivity index (χ0v) is 17.3. The summed E-state index contributed by atoms with van der Waals surface area (Å²) >= 11 is 3.98. The van der Waals surface area contributed by atoms with Crippen LogP contribution in [-0.2, 0) is 19.1 Å². The van der Waals surface area contributed by atoms with Gasteiger partial charge >= 0.3 is 5.97 Å². The number of aliphatic hydroxyl groups is 1. The summed E-state index contributed by atoms with van der Waals surface area (Å²) in [5.74, 6) is -0.725. The van der Waals surface area contributed by atoms with Crippen LogP contribution in [0.4, 0.5) is 0 Å². The summed E-state index contributed by atoms with van der Waals surface area (Å²) in [7, 11) is 0. The Bertz CT molecular complexity index is 542. The number of ether oxygens (including phenoxy) is 1. The molecule has 0 radical (unpaired) electrons. The molecule has 0 bridgehead atoms. The fourth-order valence-corrected chi connectivity index (χ4v) is 2.00. The van der Waals surface area contributed by atoms with Gasteiger partial charge in [0, 0.05) is 30.7 Å². The lowest BCUT2D eigenvalue weighted by Gasteiger charge is -2.28. The summed E-state index contributed by atoms with van der Waals surface area (Å²) in [6, 6.07) is 0. The number of nitrogens with one attached hydrogen (secondary N) is 2. The maximum atomic E-state index is 12.0. The molecule has 3 N–H and O–H groups in total. The standard InChI is InChI=1S/C19H32N2O5S/c1-4-5-6-7-8-9-16(23)26-14-19(2,3)17(24)18(25)21-11-10-15(22)20-12-13-27/h6,8,17,24,27H,4-5,9-14H2,1-3H3,(H,20,22)(H,21,25)/t7?,17-/m1/s1. The molecule has 0 unspecified atom stereocenters. The highest BCUT2D eigenvalue weighted by molar-refractivity contribution is 7.80. The van der Waals surface area contributed by atoms with Crippen LogP contribution in [-0.4, -0.2) is 54.4 Å². The highest BCUT2D eigenvalue weighted by Gasteiger charge is 2.34. The van der Waals surface area contributed by atoms with Crippen LogP contribution < -0.4 is 10.6 Å². The highest BCUT2D eigenvalue weighted by Crippen LogP contribution is 2.21. The average Bonchev–Trinajstić information content (AvgIpc) is 2.63. The first-order valence-corrected chi connectivity index (χ1v) is 9.76. The van der Waals surface area contributed by atoms with E-state index in [1.807, 2.05) is 6.08 Å². The average molecular weight is 401 g/mol. The van der Waals surface area contributed by atoms with Crippen molar-refractivity contribution in [3.8, 4) is 0 Å². The highest BCUT2D eigenvalue weighted by atomic mass is 32.1. The van der Waals surface area contributed by atoms with E-state index in [4.69, 9.17) is 4.74 Å². The molecule has 0 aliphatic carbocycles. The van der Waals surface area contributed by atoms with E-state index in [1.165, 1.54) is 0 Å². The van der Waals surface area contributed by atoms with E-state index in [2.05, 4.69) is 35.9 Å². The number of esters is 1. The van der Waals surface area contributed by atoms with Crippen LogP contribution in [0.15, 0.2) is 17.9 Å². The van der Waals surface area contributed by atoms with Crippen LogP contribution in [0.2, 0.25) is 0 Å². The van der Waals surface area contributed by atoms with Crippen LogP contribution in [0.1, 0.15) is 46.5 Å². The van der Waals surface area contributed by atoms with E-state index in [0.29, 0.717) is 12.3 Å². The third-order valence-corrected chi connectivity index (χ3v) is 3.84. The second kappa shape index (κ2) is 14.3. The Balaban J connectivity index is 4.27. The smallest absolute Gasteiger partial charge is 0.310 e. The van der Waals surface area contributed by atoms with Crippen molar-refractivity contribution in [3.63, 3.8) is 0 Å². The van der Waals surface area contributed by atoms with Crippen molar-refractivity contribution in [1.82, 2.24) is 10.6 Å². The molecule has 0 aromatic heterocycles. The van der Waals surface area contributed by atoms with E-state index in [1.54, 1.807) is 19.9 Å². The molecular weight excluding hydrogens is 368 g/mol. The third kappa shape index (κ3) is 12.3. The van der Waals surface area contributed by atoms with Crippen molar-refractivity contribution in [2.24, 2.45) is 5.41 Å². The summed E-state index contributed by atoms with van der Waals surface area (Å²) in [6.45, 7) is 5.77. The van der Waals surface area contributed by atoms with Crippen molar-refractivity contribution in [1.29, 1.82) is 0 Å². The van der Waals surface area contributed by atoms with Crippen LogP contribution in [0.3, 0.4) is 0 Å². The number of thiol groups is 1. The van der Waals surface area contributed by atoms with Gasteiger partial charge in [-0.25, -0.2) is 0 Å². The fourth-order valence-electron chi connectivity index (χ4n) is 1.89. The van der Waals surface area contributed by atoms with Gasteiger partial charge in [-0.15, -0.1) is 5.73 Å². The van der Waals surface area contributed by atoms with E-state index in [-0.39, 0.29) is 31.9 Å². The van der Waals surface area contributed by atoms with Gasteiger partial charge in [-0.3, -0.25) is 14.4 Å². The largest absolute Gasteiger partial charge is 0.465 e. The van der Waals surface area contributed by atoms with E-state index in [0.717, 1.165) is 12.8 Å². The summed E-state index contributed by atoms with van der Waals surface area (Å²) in [5, 5.41) is 15.3. The number of rotatable bonds is 13. The fraction of sp³-hybridized carbons (Fsp3) is 0.684. The van der Waals surface area contributed by atoms with Crippen LogP contribution in [0, 0.1) is 5.41 Å². The van der Waals surface area contributed by atoms with Crippen molar-refractivity contribution in [2.75, 3.05) is 25.4 Å². The molecule has 0 aromatic carbocycles. The van der Waals surface area contributed by atoms with Crippen LogP contribution in [0.5, 0.6) is 0 Å². The zero-order valence-electron chi connectivity index (χ0n) is 16.4. The lowest BCUT2D eigenvalue weighted by molar-refractivity contribution is -0.152. The minimum Gasteiger partial charge on any atom is -0.465 e. The predicted molar refractivity (Wildman–Crippen MR) is 107 cm³/mol. The molecule has 0 aliphatic rings. The molecule has 154 valence electrons. The first kappa shape index (κ1) is 25.2. The number of amides is 2. The Morgan fingerprint density at radius 1 is 1.22 bits per heavy atom. The minimum absolute atomic E-state index is 0.0833. The monoisotopic (exact) mass is 400 g/mol. The van der Waals surface area contributed by atoms with Gasteiger partial charge in [0.15, 0.2) is 0 Å². The quantitative estimate of drug-likeness (QED) is 0.212. The third-order valence-electron chi connectivity index (χ3n) is 3.62. The molecule has 7 nitrogen and oxygen atoms in total. The normalized spacial score (nSPS) is 11.7. The lowest BCUT2D eigenvalue weighted by Crippen LogP contribution is -2.47. The Hall–Kier alpha value is -1.76. The van der Waals surface area contributed by atoms with Crippen molar-refractivity contribution in [2.45, 2.75) is 52.6 Å². The Kier molecular flexibility index (Phi) is 13.4. The molecule has 8 heteroatoms. The molecule has 2 amide bonds. The van der Waals surface area contributed by atoms with Gasteiger partial charge in [0.2, 0.25) is 11.8 Å². The van der Waals surface area contributed by atoms with Gasteiger partial charge in [-0.1, -0.05) is 27.2 Å². The van der Waals surface area contributed by atoms with Gasteiger partial charge in [-0.05, 0) is 18.6 Å². The Morgan fingerprint density at radius 3 is 2.56 bits per heavy atom. The molecular formula is C19H32N2O5S. The summed E-state index contributed by atoms with van der Waals surface area (Å²) in [4.78, 5) is 35.2. The van der Waals surface area contributed by atoms with Crippen LogP contribution in [0.25, 0.3) is 0 Å². The number of hydrogen-bond donors (Lipinski definition) is 4. The molecule has 0 rings (SSSR count). The molecule has 1 atom stereocenters. The second-order valence-corrected chi connectivity index (χ2v) is 7.18. The molecule has 0 saturated heterocycles. The van der Waals surface area contributed by atoms with Gasteiger partial charge < -0.3 is 20.5 Å². The first-order valence-electron chi connectivity index (χ1n) is 9.13. The first-order chi connectivity index (χ1) is 12.7. The summed E-state index contributed by atoms with van der Waals surface area (Å²) < 4.78 is 5.14. The van der Waals surface area contributed by atoms with Crippen molar-refractivity contribution in [3.05, 3.63) is 17.9 Å².